The number of anilines is 1. The van der Waals surface area contributed by atoms with E-state index in [1.54, 1.807) is 10.7 Å². The van der Waals surface area contributed by atoms with Gasteiger partial charge in [0.1, 0.15) is 5.82 Å². The van der Waals surface area contributed by atoms with Crippen LogP contribution in [0, 0.1) is 0 Å². The van der Waals surface area contributed by atoms with Gasteiger partial charge < -0.3 is 5.43 Å². The van der Waals surface area contributed by atoms with E-state index >= 15 is 0 Å². The zero-order valence-corrected chi connectivity index (χ0v) is 10.9. The molecule has 1 aliphatic heterocycles. The first-order chi connectivity index (χ1) is 8.74. The normalized spacial score (nSPS) is 25.4. The monoisotopic (exact) mass is 245 g/mol. The highest BCUT2D eigenvalue weighted by molar-refractivity contribution is 5.44. The number of hydrazine groups is 1. The molecule has 1 fully saturated rings. The highest BCUT2D eigenvalue weighted by Gasteiger charge is 2.24. The van der Waals surface area contributed by atoms with Crippen molar-refractivity contribution in [2.75, 3.05) is 5.43 Å². The van der Waals surface area contributed by atoms with Crippen molar-refractivity contribution in [2.24, 2.45) is 0 Å². The molecule has 0 aromatic carbocycles. The van der Waals surface area contributed by atoms with E-state index in [9.17, 15) is 0 Å². The van der Waals surface area contributed by atoms with Crippen LogP contribution >= 0.6 is 0 Å². The highest BCUT2D eigenvalue weighted by atomic mass is 15.5. The average molecular weight is 245 g/mol. The minimum atomic E-state index is 0.552. The van der Waals surface area contributed by atoms with Crippen molar-refractivity contribution in [3.05, 3.63) is 24.5 Å². The molecule has 0 saturated carbocycles. The molecule has 3 rings (SSSR count). The van der Waals surface area contributed by atoms with E-state index in [4.69, 9.17) is 0 Å². The first-order valence-corrected chi connectivity index (χ1v) is 6.59. The molecule has 2 atom stereocenters. The number of aromatic nitrogens is 3. The number of hydrogen-bond acceptors (Lipinski definition) is 4. The van der Waals surface area contributed by atoms with E-state index in [1.165, 1.54) is 19.3 Å². The molecular weight excluding hydrogens is 226 g/mol. The summed E-state index contributed by atoms with van der Waals surface area (Å²) in [5.41, 5.74) is 4.32. The van der Waals surface area contributed by atoms with Gasteiger partial charge in [-0.05, 0) is 26.7 Å². The molecular formula is C13H19N5. The molecule has 5 nitrogen and oxygen atoms in total. The quantitative estimate of drug-likeness (QED) is 0.882. The van der Waals surface area contributed by atoms with Crippen LogP contribution < -0.4 is 5.43 Å². The van der Waals surface area contributed by atoms with E-state index in [0.29, 0.717) is 12.1 Å². The van der Waals surface area contributed by atoms with Crippen molar-refractivity contribution in [3.63, 3.8) is 0 Å². The van der Waals surface area contributed by atoms with Gasteiger partial charge in [0.05, 0.1) is 6.20 Å². The predicted octanol–water partition coefficient (Wildman–Crippen LogP) is 2.32. The average Bonchev–Trinajstić information content (AvgIpc) is 2.81. The van der Waals surface area contributed by atoms with Gasteiger partial charge in [-0.3, -0.25) is 0 Å². The van der Waals surface area contributed by atoms with Gasteiger partial charge >= 0.3 is 0 Å². The van der Waals surface area contributed by atoms with Gasteiger partial charge in [0, 0.05) is 30.4 Å². The van der Waals surface area contributed by atoms with Crippen LogP contribution in [0.2, 0.25) is 0 Å². The van der Waals surface area contributed by atoms with Crippen molar-refractivity contribution in [3.8, 4) is 0 Å². The number of fused-ring (bicyclic) bond motifs is 1. The van der Waals surface area contributed by atoms with Crippen LogP contribution in [0.5, 0.6) is 0 Å². The zero-order valence-electron chi connectivity index (χ0n) is 10.9. The Kier molecular flexibility index (Phi) is 2.91. The van der Waals surface area contributed by atoms with Crippen molar-refractivity contribution >= 4 is 11.5 Å². The lowest BCUT2D eigenvalue weighted by molar-refractivity contribution is 0.135. The Hall–Kier alpha value is -1.62. The molecule has 3 heterocycles. The Morgan fingerprint density at radius 1 is 1.22 bits per heavy atom. The second kappa shape index (κ2) is 4.57. The molecule has 5 heteroatoms. The summed E-state index contributed by atoms with van der Waals surface area (Å²) >= 11 is 0. The summed E-state index contributed by atoms with van der Waals surface area (Å²) in [5, 5.41) is 6.47. The van der Waals surface area contributed by atoms with Crippen LogP contribution in [0.3, 0.4) is 0 Å². The van der Waals surface area contributed by atoms with Crippen molar-refractivity contribution in [1.82, 2.24) is 19.6 Å². The molecule has 0 aliphatic carbocycles. The van der Waals surface area contributed by atoms with Gasteiger partial charge in [0.25, 0.3) is 0 Å². The molecule has 0 amide bonds. The van der Waals surface area contributed by atoms with Gasteiger partial charge in [0.15, 0.2) is 5.65 Å². The zero-order chi connectivity index (χ0) is 12.5. The lowest BCUT2D eigenvalue weighted by Crippen LogP contribution is -2.47. The fourth-order valence-electron chi connectivity index (χ4n) is 2.65. The number of rotatable bonds is 2. The molecule has 2 aromatic rings. The number of hydrogen-bond donors (Lipinski definition) is 1. The third-order valence-electron chi connectivity index (χ3n) is 3.70. The van der Waals surface area contributed by atoms with Gasteiger partial charge in [-0.15, -0.1) is 0 Å². The van der Waals surface area contributed by atoms with Crippen molar-refractivity contribution in [2.45, 2.75) is 45.2 Å². The Morgan fingerprint density at radius 2 is 2.00 bits per heavy atom. The molecule has 2 unspecified atom stereocenters. The molecule has 1 aliphatic rings. The number of nitrogens with one attached hydrogen (secondary N) is 1. The second-order valence-electron chi connectivity index (χ2n) is 5.09. The second-order valence-corrected chi connectivity index (χ2v) is 5.09. The van der Waals surface area contributed by atoms with Crippen LogP contribution in [-0.4, -0.2) is 31.7 Å². The molecule has 18 heavy (non-hydrogen) atoms. The van der Waals surface area contributed by atoms with Crippen LogP contribution in [0.4, 0.5) is 5.82 Å². The first-order valence-electron chi connectivity index (χ1n) is 6.59. The lowest BCUT2D eigenvalue weighted by atomic mass is 10.00. The first kappa shape index (κ1) is 11.5. The maximum Gasteiger partial charge on any atom is 0.157 e. The van der Waals surface area contributed by atoms with Crippen LogP contribution in [-0.2, 0) is 0 Å². The smallest absolute Gasteiger partial charge is 0.157 e. The Morgan fingerprint density at radius 3 is 2.78 bits per heavy atom. The van der Waals surface area contributed by atoms with E-state index < -0.39 is 0 Å². The topological polar surface area (TPSA) is 45.5 Å². The third-order valence-corrected chi connectivity index (χ3v) is 3.70. The molecule has 0 bridgehead atoms. The van der Waals surface area contributed by atoms with Crippen molar-refractivity contribution < 1.29 is 0 Å². The van der Waals surface area contributed by atoms with Crippen LogP contribution in [0.25, 0.3) is 5.65 Å². The standard InChI is InChI=1S/C13H19N5/c1-10-4-3-5-11(2)18(10)16-12-7-9-17-13(15-12)6-8-14-17/h6-11H,3-5H2,1-2H3,(H,15,16). The summed E-state index contributed by atoms with van der Waals surface area (Å²) in [6, 6.07) is 4.98. The van der Waals surface area contributed by atoms with Crippen molar-refractivity contribution in [1.29, 1.82) is 0 Å². The largest absolute Gasteiger partial charge is 0.302 e. The van der Waals surface area contributed by atoms with E-state index in [2.05, 4.69) is 34.4 Å². The SMILES string of the molecule is CC1CCCC(C)N1Nc1ccn2nccc2n1. The summed E-state index contributed by atoms with van der Waals surface area (Å²) in [7, 11) is 0. The lowest BCUT2D eigenvalue weighted by Gasteiger charge is -2.39. The highest BCUT2D eigenvalue weighted by Crippen LogP contribution is 2.22. The molecule has 1 saturated heterocycles. The van der Waals surface area contributed by atoms with Gasteiger partial charge in [0.2, 0.25) is 0 Å². The molecule has 96 valence electrons. The van der Waals surface area contributed by atoms with E-state index in [0.717, 1.165) is 11.5 Å². The molecule has 0 radical (unpaired) electrons. The molecule has 0 spiro atoms. The number of nitrogens with zero attached hydrogens (tertiary/aromatic N) is 4. The van der Waals surface area contributed by atoms with Crippen LogP contribution in [0.15, 0.2) is 24.5 Å². The van der Waals surface area contributed by atoms with Gasteiger partial charge in [-0.25, -0.2) is 14.5 Å². The summed E-state index contributed by atoms with van der Waals surface area (Å²) in [4.78, 5) is 4.55. The van der Waals surface area contributed by atoms with Gasteiger partial charge in [-0.2, -0.15) is 5.10 Å². The predicted molar refractivity (Wildman–Crippen MR) is 71.2 cm³/mol. The van der Waals surface area contributed by atoms with E-state index in [1.807, 2.05) is 18.3 Å². The minimum Gasteiger partial charge on any atom is -0.302 e. The Bertz CT molecular complexity index is 525. The summed E-state index contributed by atoms with van der Waals surface area (Å²) in [5.74, 6) is 0.892. The van der Waals surface area contributed by atoms with E-state index in [-0.39, 0.29) is 0 Å². The third kappa shape index (κ3) is 2.06. The summed E-state index contributed by atoms with van der Waals surface area (Å²) in [6.07, 6.45) is 7.50. The Balaban J connectivity index is 1.81. The molecule has 2 aromatic heterocycles. The van der Waals surface area contributed by atoms with Gasteiger partial charge in [-0.1, -0.05) is 6.42 Å². The fraction of sp³-hybridized carbons (Fsp3) is 0.538. The minimum absolute atomic E-state index is 0.552. The molecule has 1 N–H and O–H groups in total. The maximum atomic E-state index is 4.55. The summed E-state index contributed by atoms with van der Waals surface area (Å²) < 4.78 is 1.77. The van der Waals surface area contributed by atoms with Crippen LogP contribution in [0.1, 0.15) is 33.1 Å². The number of piperidine rings is 1. The maximum absolute atomic E-state index is 4.55. The fourth-order valence-corrected chi connectivity index (χ4v) is 2.65. The Labute approximate surface area is 107 Å². The summed E-state index contributed by atoms with van der Waals surface area (Å²) in [6.45, 7) is 4.53.